The highest BCUT2D eigenvalue weighted by atomic mass is 19.1. The number of benzene rings is 1. The van der Waals surface area contributed by atoms with Crippen molar-refractivity contribution in [2.75, 3.05) is 0 Å². The SMILES string of the molecule is CC(C)(C)OC(=O)NC(C(=O)O)c1ccc(O)cc1F. The summed E-state index contributed by atoms with van der Waals surface area (Å²) in [5, 5.41) is 20.2. The normalized spacial score (nSPS) is 12.6. The summed E-state index contributed by atoms with van der Waals surface area (Å²) >= 11 is 0. The Bertz CT molecular complexity index is 524. The van der Waals surface area contributed by atoms with Gasteiger partial charge in [0.1, 0.15) is 17.2 Å². The third-order valence-corrected chi connectivity index (χ3v) is 2.20. The summed E-state index contributed by atoms with van der Waals surface area (Å²) in [5.74, 6) is -2.72. The standard InChI is InChI=1S/C13H16FNO5/c1-13(2,3)20-12(19)15-10(11(17)18)8-5-4-7(16)6-9(8)14/h4-6,10,16H,1-3H3,(H,15,19)(H,17,18). The average Bonchev–Trinajstić information content (AvgIpc) is 2.23. The molecule has 0 heterocycles. The molecule has 1 aromatic rings. The van der Waals surface area contributed by atoms with Crippen LogP contribution in [0.1, 0.15) is 32.4 Å². The molecule has 0 bridgehead atoms. The van der Waals surface area contributed by atoms with Crippen LogP contribution in [0.2, 0.25) is 0 Å². The molecule has 20 heavy (non-hydrogen) atoms. The summed E-state index contributed by atoms with van der Waals surface area (Å²) < 4.78 is 18.6. The number of halogens is 1. The first-order valence-corrected chi connectivity index (χ1v) is 5.81. The number of carboxylic acids is 1. The lowest BCUT2D eigenvalue weighted by molar-refractivity contribution is -0.139. The lowest BCUT2D eigenvalue weighted by Crippen LogP contribution is -2.38. The molecule has 0 aromatic heterocycles. The molecule has 110 valence electrons. The molecular formula is C13H16FNO5. The Morgan fingerprint density at radius 2 is 1.95 bits per heavy atom. The molecule has 0 aliphatic rings. The number of phenolic OH excluding ortho intramolecular Hbond substituents is 1. The number of hydrogen-bond acceptors (Lipinski definition) is 4. The fourth-order valence-corrected chi connectivity index (χ4v) is 1.45. The van der Waals surface area contributed by atoms with Gasteiger partial charge >= 0.3 is 12.1 Å². The number of aliphatic carboxylic acids is 1. The molecule has 3 N–H and O–H groups in total. The smallest absolute Gasteiger partial charge is 0.408 e. The van der Waals surface area contributed by atoms with E-state index < -0.39 is 29.5 Å². The molecule has 1 rings (SSSR count). The quantitative estimate of drug-likeness (QED) is 0.791. The van der Waals surface area contributed by atoms with Crippen molar-refractivity contribution in [3.05, 3.63) is 29.6 Å². The second-order valence-electron chi connectivity index (χ2n) is 5.12. The van der Waals surface area contributed by atoms with Crippen molar-refractivity contribution in [2.45, 2.75) is 32.4 Å². The molecule has 0 saturated carbocycles. The van der Waals surface area contributed by atoms with Crippen LogP contribution in [0.15, 0.2) is 18.2 Å². The maximum absolute atomic E-state index is 13.6. The number of carbonyl (C=O) groups is 2. The van der Waals surface area contributed by atoms with E-state index in [-0.39, 0.29) is 11.3 Å². The van der Waals surface area contributed by atoms with E-state index in [1.54, 1.807) is 20.8 Å². The van der Waals surface area contributed by atoms with Crippen molar-refractivity contribution in [3.8, 4) is 5.75 Å². The third kappa shape index (κ3) is 4.42. The minimum absolute atomic E-state index is 0.277. The van der Waals surface area contributed by atoms with E-state index in [0.29, 0.717) is 0 Å². The maximum Gasteiger partial charge on any atom is 0.408 e. The van der Waals surface area contributed by atoms with Crippen molar-refractivity contribution in [1.29, 1.82) is 0 Å². The molecule has 1 atom stereocenters. The van der Waals surface area contributed by atoms with E-state index in [0.717, 1.165) is 18.2 Å². The van der Waals surface area contributed by atoms with Gasteiger partial charge in [-0.25, -0.2) is 14.0 Å². The number of ether oxygens (including phenoxy) is 1. The van der Waals surface area contributed by atoms with Gasteiger partial charge in [-0.05, 0) is 32.9 Å². The molecule has 0 aliphatic carbocycles. The molecular weight excluding hydrogens is 269 g/mol. The van der Waals surface area contributed by atoms with Gasteiger partial charge in [0.2, 0.25) is 0 Å². The number of nitrogens with one attached hydrogen (secondary N) is 1. The van der Waals surface area contributed by atoms with Gasteiger partial charge in [0.15, 0.2) is 6.04 Å². The number of alkyl carbamates (subject to hydrolysis) is 1. The summed E-state index contributed by atoms with van der Waals surface area (Å²) in [6, 6.07) is 1.37. The van der Waals surface area contributed by atoms with E-state index in [1.807, 2.05) is 0 Å². The van der Waals surface area contributed by atoms with Gasteiger partial charge in [-0.3, -0.25) is 0 Å². The molecule has 1 aromatic carbocycles. The van der Waals surface area contributed by atoms with Gasteiger partial charge in [0, 0.05) is 11.6 Å². The Balaban J connectivity index is 2.96. The van der Waals surface area contributed by atoms with Crippen LogP contribution in [0.3, 0.4) is 0 Å². The van der Waals surface area contributed by atoms with Crippen molar-refractivity contribution in [2.24, 2.45) is 0 Å². The summed E-state index contributed by atoms with van der Waals surface area (Å²) in [5.41, 5.74) is -1.08. The Labute approximate surface area is 115 Å². The molecule has 7 heteroatoms. The van der Waals surface area contributed by atoms with Crippen LogP contribution >= 0.6 is 0 Å². The number of phenols is 1. The fraction of sp³-hybridized carbons (Fsp3) is 0.385. The lowest BCUT2D eigenvalue weighted by Gasteiger charge is -2.22. The molecule has 6 nitrogen and oxygen atoms in total. The van der Waals surface area contributed by atoms with Crippen LogP contribution in [0.5, 0.6) is 5.75 Å². The molecule has 0 radical (unpaired) electrons. The van der Waals surface area contributed by atoms with Gasteiger partial charge in [0.25, 0.3) is 0 Å². The predicted molar refractivity (Wildman–Crippen MR) is 67.8 cm³/mol. The molecule has 0 saturated heterocycles. The summed E-state index contributed by atoms with van der Waals surface area (Å²) in [4.78, 5) is 22.7. The first-order chi connectivity index (χ1) is 9.10. The second kappa shape index (κ2) is 5.77. The van der Waals surface area contributed by atoms with E-state index in [1.165, 1.54) is 0 Å². The number of amides is 1. The Morgan fingerprint density at radius 3 is 2.40 bits per heavy atom. The molecule has 0 fully saturated rings. The van der Waals surface area contributed by atoms with Crippen LogP contribution in [0.25, 0.3) is 0 Å². The number of carbonyl (C=O) groups excluding carboxylic acids is 1. The van der Waals surface area contributed by atoms with Crippen LogP contribution in [0, 0.1) is 5.82 Å². The zero-order valence-corrected chi connectivity index (χ0v) is 11.3. The highest BCUT2D eigenvalue weighted by Gasteiger charge is 2.27. The topological polar surface area (TPSA) is 95.9 Å². The third-order valence-electron chi connectivity index (χ3n) is 2.20. The van der Waals surface area contributed by atoms with Crippen molar-refractivity contribution in [3.63, 3.8) is 0 Å². The number of carboxylic acid groups (broad SMARTS) is 1. The van der Waals surface area contributed by atoms with Gasteiger partial charge < -0.3 is 20.3 Å². The zero-order chi connectivity index (χ0) is 15.5. The summed E-state index contributed by atoms with van der Waals surface area (Å²) in [7, 11) is 0. The molecule has 0 aliphatic heterocycles. The van der Waals surface area contributed by atoms with Crippen LogP contribution in [0.4, 0.5) is 9.18 Å². The summed E-state index contributed by atoms with van der Waals surface area (Å²) in [6.07, 6.45) is -0.975. The van der Waals surface area contributed by atoms with Gasteiger partial charge in [-0.2, -0.15) is 0 Å². The highest BCUT2D eigenvalue weighted by Crippen LogP contribution is 2.22. The van der Waals surface area contributed by atoms with Crippen LogP contribution in [-0.2, 0) is 9.53 Å². The molecule has 1 amide bonds. The Kier molecular flexibility index (Phi) is 4.54. The zero-order valence-electron chi connectivity index (χ0n) is 11.3. The maximum atomic E-state index is 13.6. The monoisotopic (exact) mass is 285 g/mol. The van der Waals surface area contributed by atoms with Crippen molar-refractivity contribution < 1.29 is 28.9 Å². The highest BCUT2D eigenvalue weighted by molar-refractivity contribution is 5.81. The minimum Gasteiger partial charge on any atom is -0.508 e. The van der Waals surface area contributed by atoms with E-state index in [9.17, 15) is 14.0 Å². The van der Waals surface area contributed by atoms with Gasteiger partial charge in [-0.1, -0.05) is 0 Å². The summed E-state index contributed by atoms with van der Waals surface area (Å²) in [6.45, 7) is 4.84. The number of hydrogen-bond donors (Lipinski definition) is 3. The van der Waals surface area contributed by atoms with E-state index in [4.69, 9.17) is 14.9 Å². The van der Waals surface area contributed by atoms with Gasteiger partial charge in [0.05, 0.1) is 0 Å². The predicted octanol–water partition coefficient (Wildman–Crippen LogP) is 2.18. The number of aromatic hydroxyl groups is 1. The Morgan fingerprint density at radius 1 is 1.35 bits per heavy atom. The molecule has 0 spiro atoms. The second-order valence-corrected chi connectivity index (χ2v) is 5.12. The van der Waals surface area contributed by atoms with E-state index >= 15 is 0 Å². The first kappa shape index (κ1) is 15.7. The van der Waals surface area contributed by atoms with Crippen LogP contribution < -0.4 is 5.32 Å². The first-order valence-electron chi connectivity index (χ1n) is 5.81. The van der Waals surface area contributed by atoms with Crippen molar-refractivity contribution in [1.82, 2.24) is 5.32 Å². The fourth-order valence-electron chi connectivity index (χ4n) is 1.45. The lowest BCUT2D eigenvalue weighted by atomic mass is 10.1. The van der Waals surface area contributed by atoms with Crippen molar-refractivity contribution >= 4 is 12.1 Å². The number of rotatable bonds is 3. The van der Waals surface area contributed by atoms with Crippen LogP contribution in [-0.4, -0.2) is 27.9 Å². The molecule has 1 unspecified atom stereocenters. The minimum atomic E-state index is -1.61. The average molecular weight is 285 g/mol. The van der Waals surface area contributed by atoms with Gasteiger partial charge in [-0.15, -0.1) is 0 Å². The Hall–Kier alpha value is -2.31. The van der Waals surface area contributed by atoms with E-state index in [2.05, 4.69) is 5.32 Å². The largest absolute Gasteiger partial charge is 0.508 e.